The minimum atomic E-state index is 0.00907. The van der Waals surface area contributed by atoms with E-state index in [-0.39, 0.29) is 5.41 Å². The van der Waals surface area contributed by atoms with Crippen molar-refractivity contribution < 1.29 is 9.32 Å². The van der Waals surface area contributed by atoms with Gasteiger partial charge >= 0.3 is 0 Å². The van der Waals surface area contributed by atoms with Gasteiger partial charge in [0.05, 0.1) is 10.3 Å². The maximum atomic E-state index is 13.5. The average molecular weight is 441 g/mol. The fourth-order valence-electron chi connectivity index (χ4n) is 7.20. The molecule has 7 heteroatoms. The SMILES string of the molecule is O=C(N1CCN(CCCc2nc(-c3cccs3)no2)CC1)C12CC3CC(CC(C3)C1)C2. The number of rotatable bonds is 6. The minimum absolute atomic E-state index is 0.00907. The number of carbonyl (C=O) groups excluding carboxylic acids is 1. The number of aromatic nitrogens is 2. The van der Waals surface area contributed by atoms with Gasteiger partial charge in [0, 0.05) is 32.6 Å². The summed E-state index contributed by atoms with van der Waals surface area (Å²) in [5.41, 5.74) is 0.00907. The Morgan fingerprint density at radius 1 is 1.10 bits per heavy atom. The maximum Gasteiger partial charge on any atom is 0.228 e. The Balaban J connectivity index is 0.977. The Morgan fingerprint density at radius 3 is 2.45 bits per heavy atom. The lowest BCUT2D eigenvalue weighted by atomic mass is 9.49. The average Bonchev–Trinajstić information content (AvgIpc) is 3.45. The zero-order chi connectivity index (χ0) is 20.8. The van der Waals surface area contributed by atoms with Gasteiger partial charge in [-0.2, -0.15) is 4.98 Å². The summed E-state index contributed by atoms with van der Waals surface area (Å²) in [6, 6.07) is 4.02. The maximum absolute atomic E-state index is 13.5. The van der Waals surface area contributed by atoms with Crippen LogP contribution in [0.15, 0.2) is 22.0 Å². The summed E-state index contributed by atoms with van der Waals surface area (Å²) in [4.78, 5) is 23.8. The monoisotopic (exact) mass is 440 g/mol. The second kappa shape index (κ2) is 8.00. The molecule has 4 bridgehead atoms. The Labute approximate surface area is 188 Å². The molecular formula is C24H32N4O2S. The van der Waals surface area contributed by atoms with Crippen LogP contribution in [0.5, 0.6) is 0 Å². The number of hydrogen-bond acceptors (Lipinski definition) is 6. The van der Waals surface area contributed by atoms with Gasteiger partial charge in [-0.3, -0.25) is 9.69 Å². The van der Waals surface area contributed by atoms with Gasteiger partial charge in [0.15, 0.2) is 0 Å². The molecule has 31 heavy (non-hydrogen) atoms. The Kier molecular flexibility index (Phi) is 5.14. The lowest BCUT2D eigenvalue weighted by molar-refractivity contribution is -0.159. The molecule has 4 aliphatic carbocycles. The Hall–Kier alpha value is -1.73. The molecule has 1 saturated heterocycles. The van der Waals surface area contributed by atoms with Gasteiger partial charge in [0.25, 0.3) is 0 Å². The van der Waals surface area contributed by atoms with E-state index in [9.17, 15) is 4.79 Å². The van der Waals surface area contributed by atoms with Crippen molar-refractivity contribution in [3.8, 4) is 10.7 Å². The van der Waals surface area contributed by atoms with E-state index >= 15 is 0 Å². The number of carbonyl (C=O) groups is 1. The van der Waals surface area contributed by atoms with Crippen LogP contribution in [0.2, 0.25) is 0 Å². The molecule has 0 radical (unpaired) electrons. The summed E-state index contributed by atoms with van der Waals surface area (Å²) in [5, 5.41) is 6.12. The van der Waals surface area contributed by atoms with E-state index < -0.39 is 0 Å². The Bertz CT molecular complexity index is 881. The first kappa shape index (κ1) is 19.9. The number of amides is 1. The summed E-state index contributed by atoms with van der Waals surface area (Å²) in [6.45, 7) is 4.79. The van der Waals surface area contributed by atoms with Crippen LogP contribution >= 0.6 is 11.3 Å². The molecule has 0 aromatic carbocycles. The standard InChI is InChI=1S/C24H32N4O2S/c29-23(24-14-17-11-18(15-24)13-19(12-17)16-24)28-8-6-27(7-9-28)5-1-4-21-25-22(26-30-21)20-3-2-10-31-20/h2-3,10,17-19H,1,4-9,11-16H2. The van der Waals surface area contributed by atoms with Crippen molar-refractivity contribution in [1.82, 2.24) is 19.9 Å². The topological polar surface area (TPSA) is 62.5 Å². The van der Waals surface area contributed by atoms with Crippen LogP contribution in [0, 0.1) is 23.2 Å². The number of hydrogen-bond donors (Lipinski definition) is 0. The molecule has 0 spiro atoms. The van der Waals surface area contributed by atoms with Gasteiger partial charge in [-0.1, -0.05) is 11.2 Å². The largest absolute Gasteiger partial charge is 0.340 e. The quantitative estimate of drug-likeness (QED) is 0.677. The zero-order valence-electron chi connectivity index (χ0n) is 18.2. The summed E-state index contributed by atoms with van der Waals surface area (Å²) in [6.07, 6.45) is 9.54. The Morgan fingerprint density at radius 2 is 1.81 bits per heavy atom. The summed E-state index contributed by atoms with van der Waals surface area (Å²) in [7, 11) is 0. The van der Waals surface area contributed by atoms with Crippen LogP contribution in [-0.4, -0.2) is 58.6 Å². The van der Waals surface area contributed by atoms with E-state index in [1.54, 1.807) is 11.3 Å². The van der Waals surface area contributed by atoms with Gasteiger partial charge in [-0.15, -0.1) is 11.3 Å². The van der Waals surface area contributed by atoms with Crippen LogP contribution in [0.25, 0.3) is 10.7 Å². The fraction of sp³-hybridized carbons (Fsp3) is 0.708. The molecule has 4 saturated carbocycles. The first-order valence-electron chi connectivity index (χ1n) is 12.1. The van der Waals surface area contributed by atoms with Gasteiger partial charge in [0.1, 0.15) is 0 Å². The second-order valence-electron chi connectivity index (χ2n) is 10.4. The van der Waals surface area contributed by atoms with Crippen LogP contribution < -0.4 is 0 Å². The van der Waals surface area contributed by atoms with Gasteiger partial charge < -0.3 is 9.42 Å². The third-order valence-corrected chi connectivity index (χ3v) is 9.09. The normalized spacial score (nSPS) is 32.6. The molecule has 2 aromatic heterocycles. The highest BCUT2D eigenvalue weighted by molar-refractivity contribution is 7.13. The van der Waals surface area contributed by atoms with E-state index in [1.165, 1.54) is 38.5 Å². The number of aryl methyl sites for hydroxylation is 1. The van der Waals surface area contributed by atoms with E-state index in [4.69, 9.17) is 4.52 Å². The molecule has 7 rings (SSSR count). The van der Waals surface area contributed by atoms with Crippen molar-refractivity contribution in [3.63, 3.8) is 0 Å². The van der Waals surface area contributed by atoms with Gasteiger partial charge in [-0.05, 0) is 80.7 Å². The molecule has 0 unspecified atom stereocenters. The number of piperazine rings is 1. The van der Waals surface area contributed by atoms with Crippen molar-refractivity contribution >= 4 is 17.2 Å². The van der Waals surface area contributed by atoms with E-state index in [0.717, 1.165) is 74.1 Å². The lowest BCUT2D eigenvalue weighted by Crippen LogP contribution is -2.58. The van der Waals surface area contributed by atoms with Crippen LogP contribution in [0.1, 0.15) is 50.8 Å². The highest BCUT2D eigenvalue weighted by atomic mass is 32.1. The molecule has 1 amide bonds. The van der Waals surface area contributed by atoms with Crippen molar-refractivity contribution in [1.29, 1.82) is 0 Å². The molecule has 5 aliphatic rings. The first-order valence-corrected chi connectivity index (χ1v) is 12.9. The first-order chi connectivity index (χ1) is 15.2. The number of nitrogens with zero attached hydrogens (tertiary/aromatic N) is 4. The van der Waals surface area contributed by atoms with Gasteiger partial charge in [0.2, 0.25) is 17.6 Å². The number of thiophene rings is 1. The lowest BCUT2D eigenvalue weighted by Gasteiger charge is -2.57. The minimum Gasteiger partial charge on any atom is -0.340 e. The van der Waals surface area contributed by atoms with Crippen LogP contribution in [-0.2, 0) is 11.2 Å². The molecule has 6 nitrogen and oxygen atoms in total. The van der Waals surface area contributed by atoms with Crippen molar-refractivity contribution in [2.75, 3.05) is 32.7 Å². The van der Waals surface area contributed by atoms with Crippen LogP contribution in [0.3, 0.4) is 0 Å². The predicted octanol–water partition coefficient (Wildman–Crippen LogP) is 4.09. The molecule has 1 aliphatic heterocycles. The second-order valence-corrected chi connectivity index (χ2v) is 11.4. The summed E-state index contributed by atoms with van der Waals surface area (Å²) < 4.78 is 5.42. The third-order valence-electron chi connectivity index (χ3n) is 8.23. The molecule has 3 heterocycles. The van der Waals surface area contributed by atoms with Crippen molar-refractivity contribution in [2.45, 2.75) is 51.4 Å². The predicted molar refractivity (Wildman–Crippen MR) is 120 cm³/mol. The highest BCUT2D eigenvalue weighted by Crippen LogP contribution is 2.60. The van der Waals surface area contributed by atoms with Crippen molar-refractivity contribution in [2.24, 2.45) is 23.2 Å². The fourth-order valence-corrected chi connectivity index (χ4v) is 7.85. The van der Waals surface area contributed by atoms with E-state index in [1.807, 2.05) is 17.5 Å². The molecule has 166 valence electrons. The summed E-state index contributed by atoms with van der Waals surface area (Å²) >= 11 is 1.63. The zero-order valence-corrected chi connectivity index (χ0v) is 19.0. The molecule has 0 N–H and O–H groups in total. The van der Waals surface area contributed by atoms with Crippen LogP contribution in [0.4, 0.5) is 0 Å². The van der Waals surface area contributed by atoms with Gasteiger partial charge in [-0.25, -0.2) is 0 Å². The third kappa shape index (κ3) is 3.84. The highest BCUT2D eigenvalue weighted by Gasteiger charge is 2.55. The van der Waals surface area contributed by atoms with E-state index in [2.05, 4.69) is 19.9 Å². The molecule has 5 fully saturated rings. The molecular weight excluding hydrogens is 408 g/mol. The molecule has 2 aromatic rings. The van der Waals surface area contributed by atoms with E-state index in [0.29, 0.717) is 11.7 Å². The van der Waals surface area contributed by atoms with Crippen molar-refractivity contribution in [3.05, 3.63) is 23.4 Å². The smallest absolute Gasteiger partial charge is 0.228 e. The summed E-state index contributed by atoms with van der Waals surface area (Å²) in [5.74, 6) is 4.42. The molecule has 0 atom stereocenters.